The quantitative estimate of drug-likeness (QED) is 0.716. The highest BCUT2D eigenvalue weighted by molar-refractivity contribution is 6.33. The molecule has 6 nitrogen and oxygen atoms in total. The van der Waals surface area contributed by atoms with E-state index >= 15 is 0 Å². The zero-order valence-electron chi connectivity index (χ0n) is 15.4. The predicted octanol–water partition coefficient (Wildman–Crippen LogP) is 3.47. The minimum Gasteiger partial charge on any atom is -0.335 e. The lowest BCUT2D eigenvalue weighted by Crippen LogP contribution is -2.50. The molecule has 1 aliphatic heterocycles. The van der Waals surface area contributed by atoms with Crippen LogP contribution in [-0.4, -0.2) is 58.0 Å². The third-order valence-corrected chi connectivity index (χ3v) is 5.23. The number of hydrogen-bond acceptors (Lipinski definition) is 3. The van der Waals surface area contributed by atoms with Crippen LogP contribution >= 0.6 is 11.6 Å². The highest BCUT2D eigenvalue weighted by Gasteiger charge is 2.26. The molecule has 1 N–H and O–H groups in total. The number of piperazine rings is 1. The van der Waals surface area contributed by atoms with E-state index < -0.39 is 0 Å². The minimum absolute atomic E-state index is 0.167. The maximum atomic E-state index is 13.0. The number of amides is 2. The fourth-order valence-corrected chi connectivity index (χ4v) is 3.53. The molecule has 0 radical (unpaired) electrons. The summed E-state index contributed by atoms with van der Waals surface area (Å²) in [5.41, 5.74) is 2.16. The Bertz CT molecular complexity index is 1040. The molecule has 0 bridgehead atoms. The van der Waals surface area contributed by atoms with Gasteiger partial charge < -0.3 is 9.80 Å². The molecule has 4 rings (SSSR count). The highest BCUT2D eigenvalue weighted by atomic mass is 35.5. The lowest BCUT2D eigenvalue weighted by molar-refractivity contribution is 0.0532. The molecule has 2 amide bonds. The van der Waals surface area contributed by atoms with Crippen LogP contribution in [0.15, 0.2) is 54.6 Å². The number of carbonyl (C=O) groups excluding carboxylic acids is 2. The first-order chi connectivity index (χ1) is 14.0. The van der Waals surface area contributed by atoms with Crippen LogP contribution in [0.2, 0.25) is 5.02 Å². The number of hydrogen-bond donors (Lipinski definition) is 1. The normalized spacial score (nSPS) is 14.1. The molecule has 0 saturated carbocycles. The van der Waals surface area contributed by atoms with Gasteiger partial charge in [0, 0.05) is 37.3 Å². The fourth-order valence-electron chi connectivity index (χ4n) is 3.30. The largest absolute Gasteiger partial charge is 0.335 e. The molecular formula is C21H18ClFN4O2. The summed E-state index contributed by atoms with van der Waals surface area (Å²) in [6, 6.07) is 14.4. The van der Waals surface area contributed by atoms with Crippen molar-refractivity contribution in [2.75, 3.05) is 26.2 Å². The molecule has 0 unspecified atom stereocenters. The van der Waals surface area contributed by atoms with Gasteiger partial charge in [0.1, 0.15) is 11.5 Å². The molecule has 2 aromatic carbocycles. The molecule has 1 saturated heterocycles. The second-order valence-electron chi connectivity index (χ2n) is 6.74. The van der Waals surface area contributed by atoms with E-state index in [-0.39, 0.29) is 17.6 Å². The average molecular weight is 413 g/mol. The van der Waals surface area contributed by atoms with Crippen molar-refractivity contribution in [2.24, 2.45) is 0 Å². The Labute approximate surface area is 171 Å². The molecule has 1 aliphatic rings. The molecule has 0 spiro atoms. The summed E-state index contributed by atoms with van der Waals surface area (Å²) < 4.78 is 13.0. The summed E-state index contributed by atoms with van der Waals surface area (Å²) in [5.74, 6) is -0.725. The zero-order chi connectivity index (χ0) is 20.4. The summed E-state index contributed by atoms with van der Waals surface area (Å²) in [4.78, 5) is 28.7. The molecule has 8 heteroatoms. The van der Waals surface area contributed by atoms with E-state index in [2.05, 4.69) is 10.2 Å². The Morgan fingerprint density at radius 2 is 1.55 bits per heavy atom. The third-order valence-electron chi connectivity index (χ3n) is 4.90. The van der Waals surface area contributed by atoms with Gasteiger partial charge in [-0.1, -0.05) is 29.8 Å². The van der Waals surface area contributed by atoms with Crippen molar-refractivity contribution in [3.63, 3.8) is 0 Å². The van der Waals surface area contributed by atoms with E-state index in [1.807, 2.05) is 18.2 Å². The molecule has 148 valence electrons. The van der Waals surface area contributed by atoms with Gasteiger partial charge >= 0.3 is 0 Å². The summed E-state index contributed by atoms with van der Waals surface area (Å²) in [6.45, 7) is 1.64. The van der Waals surface area contributed by atoms with Crippen molar-refractivity contribution in [1.29, 1.82) is 0 Å². The summed E-state index contributed by atoms with van der Waals surface area (Å²) in [6.07, 6.45) is 0. The maximum absolute atomic E-state index is 13.0. The number of halogens is 2. The third kappa shape index (κ3) is 4.00. The van der Waals surface area contributed by atoms with Crippen molar-refractivity contribution in [3.05, 3.63) is 76.7 Å². The number of H-pyrrole nitrogens is 1. The molecule has 29 heavy (non-hydrogen) atoms. The monoisotopic (exact) mass is 412 g/mol. The number of nitrogens with one attached hydrogen (secondary N) is 1. The first kappa shape index (κ1) is 19.1. The van der Waals surface area contributed by atoms with Gasteiger partial charge in [0.15, 0.2) is 0 Å². The zero-order valence-corrected chi connectivity index (χ0v) is 16.2. The van der Waals surface area contributed by atoms with Crippen LogP contribution in [0, 0.1) is 5.82 Å². The summed E-state index contributed by atoms with van der Waals surface area (Å²) in [7, 11) is 0. The lowest BCUT2D eigenvalue weighted by Gasteiger charge is -2.34. The highest BCUT2D eigenvalue weighted by Crippen LogP contribution is 2.26. The molecule has 2 heterocycles. The maximum Gasteiger partial charge on any atom is 0.272 e. The predicted molar refractivity (Wildman–Crippen MR) is 107 cm³/mol. The van der Waals surface area contributed by atoms with E-state index in [0.29, 0.717) is 48.2 Å². The molecular weight excluding hydrogens is 395 g/mol. The van der Waals surface area contributed by atoms with Crippen LogP contribution in [0.3, 0.4) is 0 Å². The van der Waals surface area contributed by atoms with Gasteiger partial charge in [-0.2, -0.15) is 5.10 Å². The Hall–Kier alpha value is -3.19. The van der Waals surface area contributed by atoms with Gasteiger partial charge in [0.25, 0.3) is 11.8 Å². The minimum atomic E-state index is -0.382. The second kappa shape index (κ2) is 8.05. The topological polar surface area (TPSA) is 69.3 Å². The van der Waals surface area contributed by atoms with E-state index in [9.17, 15) is 14.0 Å². The van der Waals surface area contributed by atoms with Gasteiger partial charge in [-0.25, -0.2) is 4.39 Å². The number of aromatic amines is 1. The van der Waals surface area contributed by atoms with Crippen molar-refractivity contribution in [3.8, 4) is 11.3 Å². The Morgan fingerprint density at radius 3 is 2.21 bits per heavy atom. The van der Waals surface area contributed by atoms with E-state index in [4.69, 9.17) is 11.6 Å². The standard InChI is InChI=1S/C21H18ClFN4O2/c22-17-4-2-1-3-16(17)18-13-19(25-24-18)21(29)27-11-9-26(10-12-27)20(28)14-5-7-15(23)8-6-14/h1-8,13H,9-12H2,(H,24,25). The number of nitrogens with zero attached hydrogens (tertiary/aromatic N) is 3. The smallest absolute Gasteiger partial charge is 0.272 e. The van der Waals surface area contributed by atoms with Gasteiger partial charge in [0.2, 0.25) is 0 Å². The summed E-state index contributed by atoms with van der Waals surface area (Å²) >= 11 is 6.19. The van der Waals surface area contributed by atoms with Gasteiger partial charge in [0.05, 0.1) is 10.7 Å². The Kier molecular flexibility index (Phi) is 5.31. The molecule has 0 atom stereocenters. The molecule has 0 aliphatic carbocycles. The lowest BCUT2D eigenvalue weighted by atomic mass is 10.1. The fraction of sp³-hybridized carbons (Fsp3) is 0.190. The number of carbonyl (C=O) groups is 2. The first-order valence-corrected chi connectivity index (χ1v) is 9.55. The number of aromatic nitrogens is 2. The number of benzene rings is 2. The number of rotatable bonds is 3. The van der Waals surface area contributed by atoms with E-state index in [1.54, 1.807) is 21.9 Å². The van der Waals surface area contributed by atoms with Crippen molar-refractivity contribution < 1.29 is 14.0 Å². The van der Waals surface area contributed by atoms with Crippen LogP contribution in [0.5, 0.6) is 0 Å². The summed E-state index contributed by atoms with van der Waals surface area (Å²) in [5, 5.41) is 7.54. The van der Waals surface area contributed by atoms with Crippen LogP contribution in [0.1, 0.15) is 20.8 Å². The second-order valence-corrected chi connectivity index (χ2v) is 7.15. The van der Waals surface area contributed by atoms with Gasteiger partial charge in [-0.05, 0) is 36.4 Å². The molecule has 3 aromatic rings. The van der Waals surface area contributed by atoms with E-state index in [1.165, 1.54) is 24.3 Å². The van der Waals surface area contributed by atoms with Crippen molar-refractivity contribution >= 4 is 23.4 Å². The van der Waals surface area contributed by atoms with Crippen LogP contribution < -0.4 is 0 Å². The van der Waals surface area contributed by atoms with Crippen LogP contribution in [0.4, 0.5) is 4.39 Å². The van der Waals surface area contributed by atoms with Crippen LogP contribution in [0.25, 0.3) is 11.3 Å². The molecule has 1 aromatic heterocycles. The van der Waals surface area contributed by atoms with E-state index in [0.717, 1.165) is 5.56 Å². The van der Waals surface area contributed by atoms with Crippen molar-refractivity contribution in [2.45, 2.75) is 0 Å². The SMILES string of the molecule is O=C(c1ccc(F)cc1)N1CCN(C(=O)c2cc(-c3ccccc3Cl)n[nH]2)CC1. The van der Waals surface area contributed by atoms with Crippen LogP contribution in [-0.2, 0) is 0 Å². The van der Waals surface area contributed by atoms with Crippen molar-refractivity contribution in [1.82, 2.24) is 20.0 Å². The first-order valence-electron chi connectivity index (χ1n) is 9.17. The van der Waals surface area contributed by atoms with Gasteiger partial charge in [-0.3, -0.25) is 14.7 Å². The molecule has 1 fully saturated rings. The van der Waals surface area contributed by atoms with Gasteiger partial charge in [-0.15, -0.1) is 0 Å². The Morgan fingerprint density at radius 1 is 0.931 bits per heavy atom. The average Bonchev–Trinajstić information content (AvgIpc) is 3.24. The Balaban J connectivity index is 1.40.